The van der Waals surface area contributed by atoms with Crippen molar-refractivity contribution >= 4 is 11.7 Å². The third-order valence-electron chi connectivity index (χ3n) is 4.20. The van der Waals surface area contributed by atoms with Gasteiger partial charge in [0.1, 0.15) is 0 Å². The minimum absolute atomic E-state index is 0.0211. The van der Waals surface area contributed by atoms with E-state index in [0.29, 0.717) is 5.69 Å². The van der Waals surface area contributed by atoms with Gasteiger partial charge in [-0.15, -0.1) is 0 Å². The van der Waals surface area contributed by atoms with Crippen LogP contribution in [0.1, 0.15) is 25.3 Å². The number of anilines is 1. The van der Waals surface area contributed by atoms with Crippen molar-refractivity contribution in [2.75, 3.05) is 18.4 Å². The van der Waals surface area contributed by atoms with Crippen LogP contribution in [0.2, 0.25) is 0 Å². The van der Waals surface area contributed by atoms with Gasteiger partial charge in [-0.2, -0.15) is 5.10 Å². The van der Waals surface area contributed by atoms with Crippen molar-refractivity contribution in [2.24, 2.45) is 0 Å². The number of H-pyrrole nitrogens is 1. The van der Waals surface area contributed by atoms with Crippen LogP contribution in [0.25, 0.3) is 0 Å². The Hall–Kier alpha value is -2.30. The molecule has 0 bridgehead atoms. The number of hydrogen-bond donors (Lipinski definition) is 2. The number of likely N-dealkylation sites (tertiary alicyclic amines) is 1. The van der Waals surface area contributed by atoms with E-state index in [9.17, 15) is 4.79 Å². The Labute approximate surface area is 124 Å². The van der Waals surface area contributed by atoms with Crippen molar-refractivity contribution in [1.82, 2.24) is 15.1 Å². The lowest BCUT2D eigenvalue weighted by Gasteiger charge is -2.40. The number of aromatic amines is 1. The molecular formula is C16H20N4O. The minimum atomic E-state index is -0.0572. The second kappa shape index (κ2) is 5.60. The fourth-order valence-corrected chi connectivity index (χ4v) is 3.01. The predicted molar refractivity (Wildman–Crippen MR) is 82.2 cm³/mol. The zero-order chi connectivity index (χ0) is 14.7. The van der Waals surface area contributed by atoms with Gasteiger partial charge < -0.3 is 10.2 Å². The summed E-state index contributed by atoms with van der Waals surface area (Å²) in [6.45, 7) is 3.77. The number of nitrogens with zero attached hydrogens (tertiary/aromatic N) is 2. The highest BCUT2D eigenvalue weighted by Crippen LogP contribution is 2.33. The molecule has 0 aliphatic carbocycles. The van der Waals surface area contributed by atoms with E-state index in [-0.39, 0.29) is 11.4 Å². The summed E-state index contributed by atoms with van der Waals surface area (Å²) in [5.74, 6) is 0. The molecule has 110 valence electrons. The quantitative estimate of drug-likeness (QED) is 0.890. The third kappa shape index (κ3) is 2.91. The van der Waals surface area contributed by atoms with Gasteiger partial charge in [0, 0.05) is 24.7 Å². The first kappa shape index (κ1) is 13.7. The van der Waals surface area contributed by atoms with Crippen molar-refractivity contribution in [3.63, 3.8) is 0 Å². The van der Waals surface area contributed by atoms with Gasteiger partial charge in [-0.3, -0.25) is 5.10 Å². The Balaban J connectivity index is 1.72. The van der Waals surface area contributed by atoms with Gasteiger partial charge in [-0.1, -0.05) is 37.3 Å². The van der Waals surface area contributed by atoms with E-state index in [4.69, 9.17) is 0 Å². The number of hydrogen-bond acceptors (Lipinski definition) is 2. The van der Waals surface area contributed by atoms with Crippen LogP contribution in [-0.2, 0) is 5.41 Å². The molecular weight excluding hydrogens is 264 g/mol. The predicted octanol–water partition coefficient (Wildman–Crippen LogP) is 3.00. The minimum Gasteiger partial charge on any atom is -0.324 e. The molecule has 2 heterocycles. The molecule has 1 aliphatic heterocycles. The van der Waals surface area contributed by atoms with Gasteiger partial charge in [-0.05, 0) is 18.4 Å². The molecule has 0 spiro atoms. The molecule has 2 aromatic rings. The highest BCUT2D eigenvalue weighted by molar-refractivity contribution is 5.89. The van der Waals surface area contributed by atoms with Crippen LogP contribution >= 0.6 is 0 Å². The largest absolute Gasteiger partial charge is 0.324 e. The summed E-state index contributed by atoms with van der Waals surface area (Å²) in [6, 6.07) is 10.4. The monoisotopic (exact) mass is 284 g/mol. The first-order chi connectivity index (χ1) is 10.2. The van der Waals surface area contributed by atoms with E-state index in [1.54, 1.807) is 12.4 Å². The number of rotatable bonds is 2. The van der Waals surface area contributed by atoms with E-state index in [2.05, 4.69) is 46.7 Å². The number of amides is 2. The van der Waals surface area contributed by atoms with Crippen LogP contribution in [-0.4, -0.2) is 34.2 Å². The molecule has 1 aromatic carbocycles. The number of nitrogens with one attached hydrogen (secondary N) is 2. The van der Waals surface area contributed by atoms with Crippen LogP contribution in [0.3, 0.4) is 0 Å². The van der Waals surface area contributed by atoms with Gasteiger partial charge in [0.05, 0.1) is 11.9 Å². The average molecular weight is 284 g/mol. The van der Waals surface area contributed by atoms with Gasteiger partial charge >= 0.3 is 6.03 Å². The fourth-order valence-electron chi connectivity index (χ4n) is 3.01. The number of carbonyl (C=O) groups excluding carboxylic acids is 1. The van der Waals surface area contributed by atoms with E-state index >= 15 is 0 Å². The standard InChI is InChI=1S/C16H20N4O/c1-16(13-6-3-2-4-7-13)8-5-9-20(12-16)15(21)19-14-10-17-18-11-14/h2-4,6-7,10-11H,5,8-9,12H2,1H3,(H,17,18)(H,19,21). The van der Waals surface area contributed by atoms with Crippen LogP contribution in [0.5, 0.6) is 0 Å². The second-order valence-corrected chi connectivity index (χ2v) is 5.87. The van der Waals surface area contributed by atoms with Crippen molar-refractivity contribution in [1.29, 1.82) is 0 Å². The summed E-state index contributed by atoms with van der Waals surface area (Å²) in [5.41, 5.74) is 2.02. The van der Waals surface area contributed by atoms with Crippen molar-refractivity contribution in [2.45, 2.75) is 25.2 Å². The number of urea groups is 1. The van der Waals surface area contributed by atoms with Crippen LogP contribution < -0.4 is 5.32 Å². The van der Waals surface area contributed by atoms with Gasteiger partial charge in [0.25, 0.3) is 0 Å². The smallest absolute Gasteiger partial charge is 0.321 e. The number of benzene rings is 1. The SMILES string of the molecule is CC1(c2ccccc2)CCCN(C(=O)Nc2cn[nH]c2)C1. The maximum atomic E-state index is 12.4. The van der Waals surface area contributed by atoms with Crippen LogP contribution in [0, 0.1) is 0 Å². The maximum absolute atomic E-state index is 12.4. The zero-order valence-electron chi connectivity index (χ0n) is 12.2. The summed E-state index contributed by atoms with van der Waals surface area (Å²) >= 11 is 0. The molecule has 1 aliphatic rings. The normalized spacial score (nSPS) is 22.0. The van der Waals surface area contributed by atoms with E-state index in [1.165, 1.54) is 5.56 Å². The summed E-state index contributed by atoms with van der Waals surface area (Å²) < 4.78 is 0. The van der Waals surface area contributed by atoms with E-state index < -0.39 is 0 Å². The molecule has 1 unspecified atom stereocenters. The van der Waals surface area contributed by atoms with E-state index in [1.807, 2.05) is 11.0 Å². The molecule has 2 N–H and O–H groups in total. The van der Waals surface area contributed by atoms with Crippen molar-refractivity contribution in [3.05, 3.63) is 48.3 Å². The Morgan fingerprint density at radius 3 is 2.90 bits per heavy atom. The summed E-state index contributed by atoms with van der Waals surface area (Å²) in [4.78, 5) is 14.3. The van der Waals surface area contributed by atoms with Gasteiger partial charge in [-0.25, -0.2) is 4.79 Å². The molecule has 3 rings (SSSR count). The molecule has 1 saturated heterocycles. The summed E-state index contributed by atoms with van der Waals surface area (Å²) in [7, 11) is 0. The molecule has 1 atom stereocenters. The van der Waals surface area contributed by atoms with Crippen molar-refractivity contribution < 1.29 is 4.79 Å². The fraction of sp³-hybridized carbons (Fsp3) is 0.375. The van der Waals surface area contributed by atoms with Crippen molar-refractivity contribution in [3.8, 4) is 0 Å². The number of aromatic nitrogens is 2. The van der Waals surface area contributed by atoms with Crippen LogP contribution in [0.15, 0.2) is 42.7 Å². The van der Waals surface area contributed by atoms with Crippen LogP contribution in [0.4, 0.5) is 10.5 Å². The number of piperidine rings is 1. The zero-order valence-corrected chi connectivity index (χ0v) is 12.2. The Morgan fingerprint density at radius 2 is 2.19 bits per heavy atom. The molecule has 1 fully saturated rings. The lowest BCUT2D eigenvalue weighted by molar-refractivity contribution is 0.167. The second-order valence-electron chi connectivity index (χ2n) is 5.87. The highest BCUT2D eigenvalue weighted by Gasteiger charge is 2.34. The number of carbonyl (C=O) groups is 1. The third-order valence-corrected chi connectivity index (χ3v) is 4.20. The lowest BCUT2D eigenvalue weighted by Crippen LogP contribution is -2.48. The van der Waals surface area contributed by atoms with E-state index in [0.717, 1.165) is 25.9 Å². The van der Waals surface area contributed by atoms with Gasteiger partial charge in [0.2, 0.25) is 0 Å². The van der Waals surface area contributed by atoms with Gasteiger partial charge in [0.15, 0.2) is 0 Å². The molecule has 5 nitrogen and oxygen atoms in total. The summed E-state index contributed by atoms with van der Waals surface area (Å²) in [6.07, 6.45) is 5.41. The molecule has 1 aromatic heterocycles. The average Bonchev–Trinajstić information content (AvgIpc) is 3.01. The Morgan fingerprint density at radius 1 is 1.38 bits per heavy atom. The first-order valence-electron chi connectivity index (χ1n) is 7.28. The molecule has 0 saturated carbocycles. The molecule has 2 amide bonds. The maximum Gasteiger partial charge on any atom is 0.321 e. The molecule has 0 radical (unpaired) electrons. The lowest BCUT2D eigenvalue weighted by atomic mass is 9.76. The summed E-state index contributed by atoms with van der Waals surface area (Å²) in [5, 5.41) is 9.41. The molecule has 5 heteroatoms. The Bertz CT molecular complexity index is 596. The highest BCUT2D eigenvalue weighted by atomic mass is 16.2. The first-order valence-corrected chi connectivity index (χ1v) is 7.28. The molecule has 21 heavy (non-hydrogen) atoms. The Kier molecular flexibility index (Phi) is 3.64. The topological polar surface area (TPSA) is 61.0 Å².